The minimum Gasteiger partial charge on any atom is -0.477 e. The van der Waals surface area contributed by atoms with Crippen LogP contribution in [0.2, 0.25) is 0 Å². The summed E-state index contributed by atoms with van der Waals surface area (Å²) in [6.45, 7) is 0. The summed E-state index contributed by atoms with van der Waals surface area (Å²) in [5, 5.41) is 8.84. The van der Waals surface area contributed by atoms with Crippen molar-refractivity contribution in [3.05, 3.63) is 48.3 Å². The highest BCUT2D eigenvalue weighted by Gasteiger charge is 2.32. The molecule has 2 aromatic rings. The SMILES string of the molecule is O=C(O)c1cc(-c2ccccc2OC(F)(F)F)ccn1. The normalized spacial score (nSPS) is 11.2. The quantitative estimate of drug-likeness (QED) is 0.938. The molecule has 20 heavy (non-hydrogen) atoms. The molecule has 0 unspecified atom stereocenters. The predicted molar refractivity (Wildman–Crippen MR) is 63.3 cm³/mol. The molecule has 4 nitrogen and oxygen atoms in total. The molecule has 0 radical (unpaired) electrons. The first-order valence-electron chi connectivity index (χ1n) is 5.41. The van der Waals surface area contributed by atoms with Gasteiger partial charge in [-0.25, -0.2) is 9.78 Å². The summed E-state index contributed by atoms with van der Waals surface area (Å²) in [6.07, 6.45) is -3.61. The summed E-state index contributed by atoms with van der Waals surface area (Å²) in [6, 6.07) is 8.07. The van der Waals surface area contributed by atoms with Gasteiger partial charge in [0.1, 0.15) is 11.4 Å². The third kappa shape index (κ3) is 3.25. The molecule has 1 N–H and O–H groups in total. The maximum absolute atomic E-state index is 12.3. The minimum absolute atomic E-state index is 0.134. The predicted octanol–water partition coefficient (Wildman–Crippen LogP) is 3.35. The Hall–Kier alpha value is -2.57. The van der Waals surface area contributed by atoms with Gasteiger partial charge in [-0.2, -0.15) is 0 Å². The van der Waals surface area contributed by atoms with Crippen molar-refractivity contribution in [2.24, 2.45) is 0 Å². The Labute approximate surface area is 111 Å². The molecule has 0 fully saturated rings. The fourth-order valence-corrected chi connectivity index (χ4v) is 1.63. The zero-order valence-corrected chi connectivity index (χ0v) is 9.89. The number of pyridine rings is 1. The molecule has 0 bridgehead atoms. The van der Waals surface area contributed by atoms with Gasteiger partial charge in [0.15, 0.2) is 0 Å². The Morgan fingerprint density at radius 1 is 1.20 bits per heavy atom. The summed E-state index contributed by atoms with van der Waals surface area (Å²) in [5.74, 6) is -1.66. The van der Waals surface area contributed by atoms with E-state index in [-0.39, 0.29) is 16.8 Å². The number of carboxylic acids is 1. The third-order valence-corrected chi connectivity index (χ3v) is 2.40. The number of carboxylic acid groups (broad SMARTS) is 1. The lowest BCUT2D eigenvalue weighted by Crippen LogP contribution is -2.17. The number of carbonyl (C=O) groups is 1. The summed E-state index contributed by atoms with van der Waals surface area (Å²) >= 11 is 0. The highest BCUT2D eigenvalue weighted by Crippen LogP contribution is 2.33. The number of hydrogen-bond donors (Lipinski definition) is 1. The first-order valence-corrected chi connectivity index (χ1v) is 5.41. The smallest absolute Gasteiger partial charge is 0.477 e. The van der Waals surface area contributed by atoms with Crippen LogP contribution in [0.25, 0.3) is 11.1 Å². The highest BCUT2D eigenvalue weighted by molar-refractivity contribution is 5.87. The van der Waals surface area contributed by atoms with Gasteiger partial charge in [-0.15, -0.1) is 13.2 Å². The van der Waals surface area contributed by atoms with Crippen LogP contribution in [0, 0.1) is 0 Å². The molecule has 0 saturated carbocycles. The van der Waals surface area contributed by atoms with Crippen molar-refractivity contribution in [1.82, 2.24) is 4.98 Å². The second kappa shape index (κ2) is 5.20. The first kappa shape index (κ1) is 13.9. The van der Waals surface area contributed by atoms with Crippen LogP contribution in [-0.4, -0.2) is 22.4 Å². The van der Waals surface area contributed by atoms with Crippen LogP contribution in [0.15, 0.2) is 42.6 Å². The maximum Gasteiger partial charge on any atom is 0.573 e. The number of alkyl halides is 3. The standard InChI is InChI=1S/C13H8F3NO3/c14-13(15,16)20-11-4-2-1-3-9(11)8-5-6-17-10(7-8)12(18)19/h1-7H,(H,18,19). The van der Waals surface area contributed by atoms with Crippen molar-refractivity contribution < 1.29 is 27.8 Å². The molecule has 0 atom stereocenters. The van der Waals surface area contributed by atoms with Gasteiger partial charge in [0.05, 0.1) is 0 Å². The first-order chi connectivity index (χ1) is 9.37. The van der Waals surface area contributed by atoms with Crippen molar-refractivity contribution in [1.29, 1.82) is 0 Å². The molecule has 0 aliphatic heterocycles. The fourth-order valence-electron chi connectivity index (χ4n) is 1.63. The number of benzene rings is 1. The van der Waals surface area contributed by atoms with Crippen LogP contribution in [0.1, 0.15) is 10.5 Å². The largest absolute Gasteiger partial charge is 0.573 e. The summed E-state index contributed by atoms with van der Waals surface area (Å²) in [5.41, 5.74) is 0.149. The molecule has 0 spiro atoms. The van der Waals surface area contributed by atoms with Gasteiger partial charge in [-0.1, -0.05) is 18.2 Å². The summed E-state index contributed by atoms with van der Waals surface area (Å²) in [4.78, 5) is 14.4. The minimum atomic E-state index is -4.82. The zero-order valence-electron chi connectivity index (χ0n) is 9.89. The van der Waals surface area contributed by atoms with Gasteiger partial charge in [0.2, 0.25) is 0 Å². The molecule has 1 aromatic carbocycles. The van der Waals surface area contributed by atoms with Crippen molar-refractivity contribution in [2.75, 3.05) is 0 Å². The second-order valence-corrected chi connectivity index (χ2v) is 3.78. The monoisotopic (exact) mass is 283 g/mol. The van der Waals surface area contributed by atoms with Gasteiger partial charge in [0, 0.05) is 11.8 Å². The van der Waals surface area contributed by atoms with E-state index in [1.807, 2.05) is 0 Å². The number of ether oxygens (including phenoxy) is 1. The van der Waals surface area contributed by atoms with E-state index in [4.69, 9.17) is 5.11 Å². The maximum atomic E-state index is 12.3. The van der Waals surface area contributed by atoms with E-state index < -0.39 is 18.1 Å². The van der Waals surface area contributed by atoms with Crippen LogP contribution < -0.4 is 4.74 Å². The Morgan fingerprint density at radius 2 is 1.90 bits per heavy atom. The van der Waals surface area contributed by atoms with E-state index in [2.05, 4.69) is 9.72 Å². The molecule has 0 saturated heterocycles. The van der Waals surface area contributed by atoms with Crippen LogP contribution >= 0.6 is 0 Å². The number of aromatic nitrogens is 1. The van der Waals surface area contributed by atoms with Crippen molar-refractivity contribution in [2.45, 2.75) is 6.36 Å². The number of hydrogen-bond acceptors (Lipinski definition) is 3. The lowest BCUT2D eigenvalue weighted by Gasteiger charge is -2.13. The van der Waals surface area contributed by atoms with E-state index in [0.717, 1.165) is 6.07 Å². The average molecular weight is 283 g/mol. The van der Waals surface area contributed by atoms with E-state index in [1.54, 1.807) is 0 Å². The number of aromatic carboxylic acids is 1. The van der Waals surface area contributed by atoms with E-state index >= 15 is 0 Å². The summed E-state index contributed by atoms with van der Waals surface area (Å²) < 4.78 is 40.9. The zero-order chi connectivity index (χ0) is 14.8. The van der Waals surface area contributed by atoms with Gasteiger partial charge >= 0.3 is 12.3 Å². The van der Waals surface area contributed by atoms with Crippen molar-refractivity contribution in [3.63, 3.8) is 0 Å². The topological polar surface area (TPSA) is 59.4 Å². The van der Waals surface area contributed by atoms with Gasteiger partial charge in [-0.05, 0) is 23.8 Å². The molecular weight excluding hydrogens is 275 g/mol. The Kier molecular flexibility index (Phi) is 3.60. The fraction of sp³-hybridized carbons (Fsp3) is 0.0769. The summed E-state index contributed by atoms with van der Waals surface area (Å²) in [7, 11) is 0. The van der Waals surface area contributed by atoms with E-state index in [1.165, 1.54) is 36.5 Å². The molecular formula is C13H8F3NO3. The molecule has 0 aliphatic rings. The molecule has 0 aliphatic carbocycles. The molecule has 1 heterocycles. The third-order valence-electron chi connectivity index (χ3n) is 2.40. The van der Waals surface area contributed by atoms with Crippen LogP contribution in [-0.2, 0) is 0 Å². The number of nitrogens with zero attached hydrogens (tertiary/aromatic N) is 1. The van der Waals surface area contributed by atoms with Crippen molar-refractivity contribution in [3.8, 4) is 16.9 Å². The molecule has 2 rings (SSSR count). The van der Waals surface area contributed by atoms with Crippen LogP contribution in [0.5, 0.6) is 5.75 Å². The molecule has 104 valence electrons. The Bertz CT molecular complexity index is 641. The number of rotatable bonds is 3. The Morgan fingerprint density at radius 3 is 2.55 bits per heavy atom. The van der Waals surface area contributed by atoms with Crippen LogP contribution in [0.4, 0.5) is 13.2 Å². The van der Waals surface area contributed by atoms with Gasteiger partial charge in [-0.3, -0.25) is 0 Å². The van der Waals surface area contributed by atoms with Crippen molar-refractivity contribution >= 4 is 5.97 Å². The lowest BCUT2D eigenvalue weighted by molar-refractivity contribution is -0.274. The second-order valence-electron chi connectivity index (χ2n) is 3.78. The number of para-hydroxylation sites is 1. The van der Waals surface area contributed by atoms with E-state index in [0.29, 0.717) is 0 Å². The van der Waals surface area contributed by atoms with E-state index in [9.17, 15) is 18.0 Å². The Balaban J connectivity index is 2.47. The highest BCUT2D eigenvalue weighted by atomic mass is 19.4. The van der Waals surface area contributed by atoms with Gasteiger partial charge in [0.25, 0.3) is 0 Å². The molecule has 1 aromatic heterocycles. The average Bonchev–Trinajstić information content (AvgIpc) is 2.37. The van der Waals surface area contributed by atoms with Gasteiger partial charge < -0.3 is 9.84 Å². The lowest BCUT2D eigenvalue weighted by atomic mass is 10.1. The number of halogens is 3. The molecule has 0 amide bonds. The van der Waals surface area contributed by atoms with Crippen LogP contribution in [0.3, 0.4) is 0 Å². The molecule has 7 heteroatoms.